The summed E-state index contributed by atoms with van der Waals surface area (Å²) in [4.78, 5) is 23.9. The molecule has 8 nitrogen and oxygen atoms in total. The summed E-state index contributed by atoms with van der Waals surface area (Å²) < 4.78 is 66.7. The summed E-state index contributed by atoms with van der Waals surface area (Å²) in [7, 11) is -3.33. The van der Waals surface area contributed by atoms with Crippen LogP contribution in [0.1, 0.15) is 34.2 Å². The molecule has 38 heavy (non-hydrogen) atoms. The number of alkyl halides is 3. The Bertz CT molecular complexity index is 1760. The second-order valence-electron chi connectivity index (χ2n) is 8.69. The molecule has 12 heteroatoms. The Morgan fingerprint density at radius 2 is 1.84 bits per heavy atom. The van der Waals surface area contributed by atoms with Gasteiger partial charge in [0.15, 0.2) is 9.84 Å². The molecule has 0 spiro atoms. The molecule has 0 radical (unpaired) electrons. The predicted molar refractivity (Wildman–Crippen MR) is 135 cm³/mol. The molecule has 0 fully saturated rings. The van der Waals surface area contributed by atoms with E-state index in [4.69, 9.17) is 0 Å². The number of H-pyrrole nitrogens is 1. The van der Waals surface area contributed by atoms with E-state index in [9.17, 15) is 26.4 Å². The molecule has 2 N–H and O–H groups in total. The zero-order chi connectivity index (χ0) is 27.1. The maximum absolute atomic E-state index is 13.9. The summed E-state index contributed by atoms with van der Waals surface area (Å²) in [5.41, 5.74) is 2.39. The topological polar surface area (TPSA) is 110 Å². The van der Waals surface area contributed by atoms with E-state index in [1.165, 1.54) is 36.5 Å². The van der Waals surface area contributed by atoms with Crippen molar-refractivity contribution in [1.29, 1.82) is 0 Å². The first-order valence-electron chi connectivity index (χ1n) is 11.6. The highest BCUT2D eigenvalue weighted by Crippen LogP contribution is 2.33. The lowest BCUT2D eigenvalue weighted by Gasteiger charge is -2.12. The molecule has 0 aliphatic rings. The Morgan fingerprint density at radius 1 is 1.08 bits per heavy atom. The van der Waals surface area contributed by atoms with Gasteiger partial charge >= 0.3 is 6.18 Å². The first-order chi connectivity index (χ1) is 18.1. The number of pyridine rings is 1. The van der Waals surface area contributed by atoms with Gasteiger partial charge in [0.25, 0.3) is 5.91 Å². The molecule has 0 saturated carbocycles. The zero-order valence-electron chi connectivity index (χ0n) is 20.1. The molecule has 0 bridgehead atoms. The van der Waals surface area contributed by atoms with Crippen molar-refractivity contribution in [1.82, 2.24) is 24.8 Å². The number of nitrogens with zero attached hydrogens (tertiary/aromatic N) is 3. The van der Waals surface area contributed by atoms with E-state index in [0.29, 0.717) is 16.6 Å². The Hall–Kier alpha value is -4.19. The Labute approximate surface area is 215 Å². The zero-order valence-corrected chi connectivity index (χ0v) is 20.9. The van der Waals surface area contributed by atoms with Gasteiger partial charge in [-0.05, 0) is 47.5 Å². The number of benzene rings is 2. The van der Waals surface area contributed by atoms with Crippen molar-refractivity contribution in [3.05, 3.63) is 89.6 Å². The molecule has 3 aromatic heterocycles. The van der Waals surface area contributed by atoms with Crippen molar-refractivity contribution in [3.8, 4) is 0 Å². The van der Waals surface area contributed by atoms with Crippen LogP contribution in [-0.4, -0.2) is 39.6 Å². The summed E-state index contributed by atoms with van der Waals surface area (Å²) >= 11 is 0. The highest BCUT2D eigenvalue weighted by Gasteiger charge is 2.37. The third-order valence-electron chi connectivity index (χ3n) is 6.27. The van der Waals surface area contributed by atoms with E-state index in [2.05, 4.69) is 20.3 Å². The number of sulfone groups is 1. The van der Waals surface area contributed by atoms with Crippen LogP contribution in [0.5, 0.6) is 0 Å². The van der Waals surface area contributed by atoms with Crippen molar-refractivity contribution in [2.45, 2.75) is 31.1 Å². The quantitative estimate of drug-likeness (QED) is 0.310. The van der Waals surface area contributed by atoms with Gasteiger partial charge in [-0.2, -0.15) is 13.2 Å². The number of carbonyl (C=O) groups is 1. The smallest absolute Gasteiger partial charge is 0.360 e. The number of imidazole rings is 1. The molecule has 196 valence electrons. The highest BCUT2D eigenvalue weighted by molar-refractivity contribution is 7.91. The molecular weight excluding hydrogens is 519 g/mol. The van der Waals surface area contributed by atoms with Crippen LogP contribution in [0.3, 0.4) is 0 Å². The number of hydrogen-bond acceptors (Lipinski definition) is 5. The second-order valence-corrected chi connectivity index (χ2v) is 11.0. The van der Waals surface area contributed by atoms with Crippen molar-refractivity contribution in [3.63, 3.8) is 0 Å². The third kappa shape index (κ3) is 4.86. The predicted octanol–water partition coefficient (Wildman–Crippen LogP) is 4.70. The summed E-state index contributed by atoms with van der Waals surface area (Å²) in [5, 5.41) is 3.46. The number of amides is 1. The van der Waals surface area contributed by atoms with Crippen LogP contribution in [0, 0.1) is 0 Å². The van der Waals surface area contributed by atoms with Crippen molar-refractivity contribution < 1.29 is 26.4 Å². The minimum Gasteiger partial charge on any atom is -0.360 e. The van der Waals surface area contributed by atoms with Gasteiger partial charge in [-0.25, -0.2) is 13.4 Å². The Balaban J connectivity index is 1.40. The molecule has 0 atom stereocenters. The number of aromatic nitrogens is 4. The first kappa shape index (κ1) is 25.5. The highest BCUT2D eigenvalue weighted by atomic mass is 32.2. The van der Waals surface area contributed by atoms with E-state index in [1.54, 1.807) is 37.5 Å². The summed E-state index contributed by atoms with van der Waals surface area (Å²) in [6, 6.07) is 12.1. The van der Waals surface area contributed by atoms with Gasteiger partial charge in [-0.3, -0.25) is 9.78 Å². The van der Waals surface area contributed by atoms with Crippen molar-refractivity contribution >= 4 is 37.7 Å². The van der Waals surface area contributed by atoms with E-state index < -0.39 is 27.7 Å². The molecule has 5 aromatic rings. The number of aromatic amines is 1. The lowest BCUT2D eigenvalue weighted by Crippen LogP contribution is -2.22. The molecule has 1 amide bonds. The number of rotatable bonds is 7. The number of halogens is 3. The fourth-order valence-corrected chi connectivity index (χ4v) is 5.13. The second kappa shape index (κ2) is 9.60. The molecule has 0 saturated heterocycles. The lowest BCUT2D eigenvalue weighted by atomic mass is 10.1. The lowest BCUT2D eigenvalue weighted by molar-refractivity contribution is -0.146. The summed E-state index contributed by atoms with van der Waals surface area (Å²) in [6.07, 6.45) is 0.104. The van der Waals surface area contributed by atoms with E-state index >= 15 is 0 Å². The van der Waals surface area contributed by atoms with Gasteiger partial charge in [-0.1, -0.05) is 19.1 Å². The van der Waals surface area contributed by atoms with Crippen molar-refractivity contribution in [2.75, 3.05) is 5.75 Å². The third-order valence-corrected chi connectivity index (χ3v) is 8.02. The van der Waals surface area contributed by atoms with Crippen LogP contribution >= 0.6 is 0 Å². The maximum Gasteiger partial charge on any atom is 0.449 e. The fourth-order valence-electron chi connectivity index (χ4n) is 4.25. The monoisotopic (exact) mass is 541 g/mol. The summed E-state index contributed by atoms with van der Waals surface area (Å²) in [6.45, 7) is 1.56. The number of carbonyl (C=O) groups excluding carboxylic acids is 1. The summed E-state index contributed by atoms with van der Waals surface area (Å²) in [5.74, 6) is -1.59. The van der Waals surface area contributed by atoms with Crippen LogP contribution in [0.25, 0.3) is 21.9 Å². The Kier molecular flexibility index (Phi) is 6.43. The largest absolute Gasteiger partial charge is 0.449 e. The average molecular weight is 542 g/mol. The average Bonchev–Trinajstić information content (AvgIpc) is 3.53. The molecule has 5 rings (SSSR count). The molecule has 0 aliphatic heterocycles. The minimum absolute atomic E-state index is 0.0178. The van der Waals surface area contributed by atoms with Gasteiger partial charge < -0.3 is 14.9 Å². The van der Waals surface area contributed by atoms with Crippen LogP contribution in [-0.2, 0) is 29.1 Å². The van der Waals surface area contributed by atoms with Crippen LogP contribution in [0.4, 0.5) is 13.2 Å². The molecule has 3 heterocycles. The maximum atomic E-state index is 13.9. The van der Waals surface area contributed by atoms with E-state index in [-0.39, 0.29) is 40.3 Å². The molecule has 0 aliphatic carbocycles. The van der Waals surface area contributed by atoms with Crippen LogP contribution < -0.4 is 5.32 Å². The minimum atomic E-state index is -4.71. The number of fused-ring (bicyclic) bond motifs is 2. The fraction of sp³-hybridized carbons (Fsp3) is 0.192. The standard InChI is InChI=1S/C26H22F3N5O3S/c1-2-38(36,37)19-6-3-16(4-7-19)12-32-24(35)17-5-8-23-21(11-17)33-25(26(27,28)29)34(23)15-18-13-30-14-22-20(18)9-10-31-22/h3-11,13-14,31H,2,12,15H2,1H3,(H,32,35). The first-order valence-corrected chi connectivity index (χ1v) is 13.3. The van der Waals surface area contributed by atoms with E-state index in [1.807, 2.05) is 0 Å². The van der Waals surface area contributed by atoms with Gasteiger partial charge in [-0.15, -0.1) is 0 Å². The number of hydrogen-bond donors (Lipinski definition) is 2. The molecular formula is C26H22F3N5O3S. The van der Waals surface area contributed by atoms with Gasteiger partial charge in [0, 0.05) is 29.9 Å². The van der Waals surface area contributed by atoms with E-state index in [0.717, 1.165) is 9.95 Å². The van der Waals surface area contributed by atoms with Gasteiger partial charge in [0.2, 0.25) is 5.82 Å². The van der Waals surface area contributed by atoms with Crippen molar-refractivity contribution in [2.24, 2.45) is 0 Å². The molecule has 0 unspecified atom stereocenters. The van der Waals surface area contributed by atoms with Crippen LogP contribution in [0.2, 0.25) is 0 Å². The van der Waals surface area contributed by atoms with Gasteiger partial charge in [0.1, 0.15) is 0 Å². The van der Waals surface area contributed by atoms with Gasteiger partial charge in [0.05, 0.1) is 39.9 Å². The molecule has 2 aromatic carbocycles. The Morgan fingerprint density at radius 3 is 2.55 bits per heavy atom. The number of nitrogens with one attached hydrogen (secondary N) is 2. The van der Waals surface area contributed by atoms with Crippen LogP contribution in [0.15, 0.2) is 72.0 Å². The SMILES string of the molecule is CCS(=O)(=O)c1ccc(CNC(=O)c2ccc3c(c2)nc(C(F)(F)F)n3Cc2cncc3[nH]ccc23)cc1. The normalized spacial score (nSPS) is 12.3.